The van der Waals surface area contributed by atoms with Gasteiger partial charge in [-0.15, -0.1) is 0 Å². The third-order valence-electron chi connectivity index (χ3n) is 3.23. The number of nitro benzene ring substituents is 1. The fourth-order valence-corrected chi connectivity index (χ4v) is 1.74. The molecular weight excluding hydrogens is 296 g/mol. The maximum atomic E-state index is 10.9. The normalized spacial score (nSPS) is 13.2. The van der Waals surface area contributed by atoms with E-state index >= 15 is 0 Å². The van der Waals surface area contributed by atoms with E-state index in [1.165, 1.54) is 6.07 Å². The van der Waals surface area contributed by atoms with E-state index in [0.29, 0.717) is 18.2 Å². The maximum Gasteiger partial charge on any atom is 0.292 e. The van der Waals surface area contributed by atoms with Crippen molar-refractivity contribution in [3.8, 4) is 0 Å². The lowest BCUT2D eigenvalue weighted by molar-refractivity contribution is -0.384. The predicted octanol–water partition coefficient (Wildman–Crippen LogP) is 4.45. The Kier molecular flexibility index (Phi) is 4.73. The zero-order valence-electron chi connectivity index (χ0n) is 11.2. The van der Waals surface area contributed by atoms with Crippen molar-refractivity contribution in [3.05, 3.63) is 32.8 Å². The highest BCUT2D eigenvalue weighted by Gasteiger charge is 2.21. The molecule has 0 aliphatic rings. The van der Waals surface area contributed by atoms with E-state index < -0.39 is 0 Å². The smallest absolute Gasteiger partial charge is 0.292 e. The Labute approximate surface area is 116 Å². The van der Waals surface area contributed by atoms with Crippen molar-refractivity contribution < 1.29 is 4.92 Å². The number of nitro groups is 1. The topological polar surface area (TPSA) is 55.2 Å². The molecule has 0 fully saturated rings. The van der Waals surface area contributed by atoms with E-state index in [-0.39, 0.29) is 16.0 Å². The molecule has 1 aromatic rings. The Balaban J connectivity index is 2.84. The van der Waals surface area contributed by atoms with E-state index in [9.17, 15) is 10.1 Å². The molecule has 1 aromatic carbocycles. The Morgan fingerprint density at radius 1 is 1.44 bits per heavy atom. The largest absolute Gasteiger partial charge is 0.379 e. The molecule has 1 atom stereocenters. The molecular formula is C13H19BrN2O2. The van der Waals surface area contributed by atoms with Crippen LogP contribution in [0.2, 0.25) is 0 Å². The number of halogens is 1. The summed E-state index contributed by atoms with van der Waals surface area (Å²) in [6.45, 7) is 9.33. The van der Waals surface area contributed by atoms with Gasteiger partial charge in [-0.3, -0.25) is 10.1 Å². The number of benzene rings is 1. The van der Waals surface area contributed by atoms with Crippen molar-refractivity contribution in [2.45, 2.75) is 27.7 Å². The second-order valence-corrected chi connectivity index (χ2v) is 6.48. The van der Waals surface area contributed by atoms with Crippen LogP contribution in [0.5, 0.6) is 0 Å². The lowest BCUT2D eigenvalue weighted by Crippen LogP contribution is -2.25. The van der Waals surface area contributed by atoms with Crippen LogP contribution < -0.4 is 5.32 Å². The van der Waals surface area contributed by atoms with Gasteiger partial charge >= 0.3 is 0 Å². The van der Waals surface area contributed by atoms with E-state index in [1.54, 1.807) is 12.1 Å². The summed E-state index contributed by atoms with van der Waals surface area (Å²) in [5.41, 5.74) is 0.845. The molecule has 0 aliphatic heterocycles. The summed E-state index contributed by atoms with van der Waals surface area (Å²) < 4.78 is 0.832. The number of hydrogen-bond donors (Lipinski definition) is 1. The van der Waals surface area contributed by atoms with Crippen LogP contribution in [-0.2, 0) is 0 Å². The van der Waals surface area contributed by atoms with Crippen LogP contribution in [0.1, 0.15) is 27.7 Å². The van der Waals surface area contributed by atoms with E-state index in [0.717, 1.165) is 4.47 Å². The highest BCUT2D eigenvalue weighted by molar-refractivity contribution is 9.10. The minimum atomic E-state index is -0.365. The molecule has 0 spiro atoms. The average Bonchev–Trinajstić information content (AvgIpc) is 2.24. The molecule has 100 valence electrons. The van der Waals surface area contributed by atoms with Crippen LogP contribution in [0.25, 0.3) is 0 Å². The third kappa shape index (κ3) is 3.98. The summed E-state index contributed by atoms with van der Waals surface area (Å²) >= 11 is 3.33. The SMILES string of the molecule is CC(CNc1cc(Br)ccc1[N+](=O)[O-])C(C)(C)C. The van der Waals surface area contributed by atoms with Crippen LogP contribution in [0.3, 0.4) is 0 Å². The van der Waals surface area contributed by atoms with Gasteiger partial charge in [0.25, 0.3) is 5.69 Å². The van der Waals surface area contributed by atoms with Crippen LogP contribution in [0, 0.1) is 21.4 Å². The van der Waals surface area contributed by atoms with Gasteiger partial charge in [0.2, 0.25) is 0 Å². The van der Waals surface area contributed by atoms with E-state index in [4.69, 9.17) is 0 Å². The van der Waals surface area contributed by atoms with Gasteiger partial charge in [0.05, 0.1) is 4.92 Å². The zero-order chi connectivity index (χ0) is 13.9. The minimum absolute atomic E-state index is 0.110. The molecule has 0 aliphatic carbocycles. The van der Waals surface area contributed by atoms with E-state index in [2.05, 4.69) is 48.9 Å². The number of rotatable bonds is 4. The van der Waals surface area contributed by atoms with Gasteiger partial charge in [0, 0.05) is 17.1 Å². The van der Waals surface area contributed by atoms with Gasteiger partial charge in [-0.05, 0) is 23.5 Å². The van der Waals surface area contributed by atoms with Crippen molar-refractivity contribution in [2.24, 2.45) is 11.3 Å². The number of nitrogens with zero attached hydrogens (tertiary/aromatic N) is 1. The molecule has 1 rings (SSSR count). The molecule has 0 saturated carbocycles. The molecule has 0 bridgehead atoms. The summed E-state index contributed by atoms with van der Waals surface area (Å²) in [6.07, 6.45) is 0. The maximum absolute atomic E-state index is 10.9. The number of nitrogens with one attached hydrogen (secondary N) is 1. The molecule has 18 heavy (non-hydrogen) atoms. The average molecular weight is 315 g/mol. The second kappa shape index (κ2) is 5.69. The Morgan fingerprint density at radius 3 is 2.56 bits per heavy atom. The summed E-state index contributed by atoms with van der Waals surface area (Å²) in [5.74, 6) is 0.413. The van der Waals surface area contributed by atoms with Crippen molar-refractivity contribution in [3.63, 3.8) is 0 Å². The summed E-state index contributed by atoms with van der Waals surface area (Å²) in [7, 11) is 0. The Bertz CT molecular complexity index is 441. The van der Waals surface area contributed by atoms with Crippen LogP contribution >= 0.6 is 15.9 Å². The van der Waals surface area contributed by atoms with Crippen LogP contribution in [-0.4, -0.2) is 11.5 Å². The Hall–Kier alpha value is -1.10. The molecule has 1 unspecified atom stereocenters. The quantitative estimate of drug-likeness (QED) is 0.659. The van der Waals surface area contributed by atoms with Crippen LogP contribution in [0.4, 0.5) is 11.4 Å². The second-order valence-electron chi connectivity index (χ2n) is 5.57. The van der Waals surface area contributed by atoms with Gasteiger partial charge in [-0.25, -0.2) is 0 Å². The minimum Gasteiger partial charge on any atom is -0.379 e. The molecule has 1 N–H and O–H groups in total. The highest BCUT2D eigenvalue weighted by Crippen LogP contribution is 2.30. The van der Waals surface area contributed by atoms with Crippen molar-refractivity contribution in [2.75, 3.05) is 11.9 Å². The first-order valence-electron chi connectivity index (χ1n) is 5.89. The fourth-order valence-electron chi connectivity index (χ4n) is 1.38. The standard InChI is InChI=1S/C13H19BrN2O2/c1-9(13(2,3)4)8-15-11-7-10(14)5-6-12(11)16(17)18/h5-7,9,15H,8H2,1-4H3. The monoisotopic (exact) mass is 314 g/mol. The lowest BCUT2D eigenvalue weighted by atomic mass is 9.82. The predicted molar refractivity (Wildman–Crippen MR) is 77.9 cm³/mol. The summed E-state index contributed by atoms with van der Waals surface area (Å²) in [5, 5.41) is 14.1. The summed E-state index contributed by atoms with van der Waals surface area (Å²) in [6, 6.07) is 4.93. The van der Waals surface area contributed by atoms with Crippen molar-refractivity contribution in [1.82, 2.24) is 0 Å². The molecule has 0 radical (unpaired) electrons. The number of hydrogen-bond acceptors (Lipinski definition) is 3. The lowest BCUT2D eigenvalue weighted by Gasteiger charge is -2.27. The van der Waals surface area contributed by atoms with Crippen LogP contribution in [0.15, 0.2) is 22.7 Å². The van der Waals surface area contributed by atoms with Crippen molar-refractivity contribution >= 4 is 27.3 Å². The molecule has 0 heterocycles. The van der Waals surface area contributed by atoms with Gasteiger partial charge < -0.3 is 5.32 Å². The molecule has 0 saturated heterocycles. The summed E-state index contributed by atoms with van der Waals surface area (Å²) in [4.78, 5) is 10.6. The molecule has 0 aromatic heterocycles. The Morgan fingerprint density at radius 2 is 2.06 bits per heavy atom. The van der Waals surface area contributed by atoms with Crippen molar-refractivity contribution in [1.29, 1.82) is 0 Å². The van der Waals surface area contributed by atoms with E-state index in [1.807, 2.05) is 0 Å². The van der Waals surface area contributed by atoms with Gasteiger partial charge in [-0.2, -0.15) is 0 Å². The van der Waals surface area contributed by atoms with Gasteiger partial charge in [0.1, 0.15) is 5.69 Å². The molecule has 5 heteroatoms. The zero-order valence-corrected chi connectivity index (χ0v) is 12.7. The molecule has 0 amide bonds. The van der Waals surface area contributed by atoms with Gasteiger partial charge in [-0.1, -0.05) is 43.6 Å². The first kappa shape index (κ1) is 15.0. The van der Waals surface area contributed by atoms with Gasteiger partial charge in [0.15, 0.2) is 0 Å². The first-order valence-corrected chi connectivity index (χ1v) is 6.69. The highest BCUT2D eigenvalue weighted by atomic mass is 79.9. The number of anilines is 1. The molecule has 4 nitrogen and oxygen atoms in total. The fraction of sp³-hybridized carbons (Fsp3) is 0.538. The third-order valence-corrected chi connectivity index (χ3v) is 3.73. The first-order chi connectivity index (χ1) is 8.21.